The summed E-state index contributed by atoms with van der Waals surface area (Å²) in [7, 11) is 0. The van der Waals surface area contributed by atoms with Gasteiger partial charge >= 0.3 is 5.97 Å². The molecule has 0 radical (unpaired) electrons. The molecule has 0 aromatic carbocycles. The molecular weight excluding hydrogens is 276 g/mol. The first-order valence-electron chi connectivity index (χ1n) is 8.06. The average molecular weight is 302 g/mol. The van der Waals surface area contributed by atoms with Gasteiger partial charge in [-0.3, -0.25) is 9.59 Å². The normalized spacial score (nSPS) is 31.5. The summed E-state index contributed by atoms with van der Waals surface area (Å²) < 4.78 is 5.49. The van der Waals surface area contributed by atoms with Gasteiger partial charge < -0.3 is 4.74 Å². The van der Waals surface area contributed by atoms with Crippen molar-refractivity contribution in [2.24, 2.45) is 11.3 Å². The summed E-state index contributed by atoms with van der Waals surface area (Å²) in [6.07, 6.45) is 10.1. The van der Waals surface area contributed by atoms with E-state index in [2.05, 4.69) is 26.8 Å². The maximum atomic E-state index is 12.4. The fourth-order valence-corrected chi connectivity index (χ4v) is 3.35. The zero-order valence-corrected chi connectivity index (χ0v) is 14.0. The lowest BCUT2D eigenvalue weighted by molar-refractivity contribution is -0.140. The van der Waals surface area contributed by atoms with Crippen LogP contribution >= 0.6 is 0 Å². The number of esters is 1. The molecule has 0 aromatic heterocycles. The van der Waals surface area contributed by atoms with E-state index in [-0.39, 0.29) is 18.2 Å². The maximum Gasteiger partial charge on any atom is 0.307 e. The first kappa shape index (κ1) is 16.7. The van der Waals surface area contributed by atoms with Gasteiger partial charge in [0.2, 0.25) is 0 Å². The summed E-state index contributed by atoms with van der Waals surface area (Å²) in [5, 5.41) is 0. The predicted molar refractivity (Wildman–Crippen MR) is 87.3 cm³/mol. The Balaban J connectivity index is 2.17. The smallest absolute Gasteiger partial charge is 0.307 e. The molecule has 0 aromatic rings. The van der Waals surface area contributed by atoms with E-state index in [1.165, 1.54) is 11.1 Å². The first-order chi connectivity index (χ1) is 10.3. The van der Waals surface area contributed by atoms with E-state index >= 15 is 0 Å². The zero-order chi connectivity index (χ0) is 16.3. The molecule has 2 rings (SSSR count). The van der Waals surface area contributed by atoms with Gasteiger partial charge in [0.25, 0.3) is 0 Å². The average Bonchev–Trinajstić information content (AvgIpc) is 2.70. The lowest BCUT2D eigenvalue weighted by Crippen LogP contribution is -2.40. The molecule has 1 saturated heterocycles. The predicted octanol–water partition coefficient (Wildman–Crippen LogP) is 4.15. The highest BCUT2D eigenvalue weighted by molar-refractivity contribution is 6.00. The molecule has 3 heteroatoms. The Labute approximate surface area is 133 Å². The number of ketones is 1. The Morgan fingerprint density at radius 3 is 2.77 bits per heavy atom. The summed E-state index contributed by atoms with van der Waals surface area (Å²) in [4.78, 5) is 24.3. The van der Waals surface area contributed by atoms with Gasteiger partial charge in [0, 0.05) is 0 Å². The molecule has 1 heterocycles. The van der Waals surface area contributed by atoms with Crippen molar-refractivity contribution in [3.8, 4) is 0 Å². The van der Waals surface area contributed by atoms with Crippen LogP contribution in [0.4, 0.5) is 0 Å². The monoisotopic (exact) mass is 302 g/mol. The minimum atomic E-state index is -0.678. The van der Waals surface area contributed by atoms with Gasteiger partial charge in [-0.05, 0) is 58.1 Å². The largest absolute Gasteiger partial charge is 0.457 e. The molecular formula is C19H26O3. The molecule has 2 aliphatic rings. The van der Waals surface area contributed by atoms with Gasteiger partial charge in [-0.15, -0.1) is 0 Å². The van der Waals surface area contributed by atoms with E-state index in [0.717, 1.165) is 12.8 Å². The topological polar surface area (TPSA) is 43.4 Å². The SMILES string of the molecule is CC(C)=CCC/C(C)=C/[C@H]1OC(=O)CC12C[C@H](C)C=CC2=O. The molecule has 22 heavy (non-hydrogen) atoms. The van der Waals surface area contributed by atoms with Gasteiger partial charge in [-0.2, -0.15) is 0 Å². The van der Waals surface area contributed by atoms with Crippen molar-refractivity contribution in [2.45, 2.75) is 59.5 Å². The van der Waals surface area contributed by atoms with Crippen molar-refractivity contribution < 1.29 is 14.3 Å². The lowest BCUT2D eigenvalue weighted by atomic mass is 9.67. The highest BCUT2D eigenvalue weighted by Crippen LogP contribution is 2.46. The summed E-state index contributed by atoms with van der Waals surface area (Å²) in [6, 6.07) is 0. The van der Waals surface area contributed by atoms with E-state index in [1.807, 2.05) is 19.1 Å². The summed E-state index contributed by atoms with van der Waals surface area (Å²) in [5.41, 5.74) is 1.80. The van der Waals surface area contributed by atoms with Crippen LogP contribution in [0.15, 0.2) is 35.5 Å². The molecule has 3 nitrogen and oxygen atoms in total. The number of carbonyl (C=O) groups excluding carboxylic acids is 2. The molecule has 0 saturated carbocycles. The molecule has 120 valence electrons. The van der Waals surface area contributed by atoms with Crippen LogP contribution in [0.5, 0.6) is 0 Å². The maximum absolute atomic E-state index is 12.4. The van der Waals surface area contributed by atoms with Gasteiger partial charge in [-0.25, -0.2) is 0 Å². The zero-order valence-electron chi connectivity index (χ0n) is 14.0. The Morgan fingerprint density at radius 2 is 2.09 bits per heavy atom. The summed E-state index contributed by atoms with van der Waals surface area (Å²) in [5.74, 6) is 0.0816. The lowest BCUT2D eigenvalue weighted by Gasteiger charge is -2.33. The molecule has 1 fully saturated rings. The quantitative estimate of drug-likeness (QED) is 0.579. The summed E-state index contributed by atoms with van der Waals surface area (Å²) in [6.45, 7) is 8.30. The van der Waals surface area contributed by atoms with Crippen molar-refractivity contribution in [1.82, 2.24) is 0 Å². The van der Waals surface area contributed by atoms with Crippen LogP contribution in [-0.4, -0.2) is 17.9 Å². The second kappa shape index (κ2) is 6.64. The standard InChI is InChI=1S/C19H26O3/c1-13(2)6-5-7-14(3)10-17-19(12-18(21)22-17)11-15(4)8-9-16(19)20/h6,8-10,15,17H,5,7,11-12H2,1-4H3/b14-10+/t15-,17-,19?/m1/s1. The molecule has 3 atom stereocenters. The third kappa shape index (κ3) is 3.57. The van der Waals surface area contributed by atoms with Crippen LogP contribution in [0.3, 0.4) is 0 Å². The molecule has 1 unspecified atom stereocenters. The van der Waals surface area contributed by atoms with Gasteiger partial charge in [0.05, 0.1) is 11.8 Å². The molecule has 1 spiro atoms. The number of hydrogen-bond donors (Lipinski definition) is 0. The van der Waals surface area contributed by atoms with Crippen molar-refractivity contribution in [3.05, 3.63) is 35.5 Å². The number of allylic oxidation sites excluding steroid dienone is 5. The van der Waals surface area contributed by atoms with Crippen molar-refractivity contribution in [1.29, 1.82) is 0 Å². The molecule has 0 N–H and O–H groups in total. The van der Waals surface area contributed by atoms with Crippen LogP contribution < -0.4 is 0 Å². The molecule has 1 aliphatic carbocycles. The van der Waals surface area contributed by atoms with Crippen LogP contribution in [0.2, 0.25) is 0 Å². The van der Waals surface area contributed by atoms with Crippen LogP contribution in [0, 0.1) is 11.3 Å². The third-order valence-electron chi connectivity index (χ3n) is 4.54. The van der Waals surface area contributed by atoms with E-state index < -0.39 is 11.5 Å². The Kier molecular flexibility index (Phi) is 5.05. The highest BCUT2D eigenvalue weighted by atomic mass is 16.6. The second-order valence-electron chi connectivity index (χ2n) is 6.98. The minimum Gasteiger partial charge on any atom is -0.457 e. The summed E-state index contributed by atoms with van der Waals surface area (Å²) >= 11 is 0. The van der Waals surface area contributed by atoms with Crippen molar-refractivity contribution in [2.75, 3.05) is 0 Å². The van der Waals surface area contributed by atoms with Gasteiger partial charge in [0.15, 0.2) is 5.78 Å². The Bertz CT molecular complexity index is 549. The van der Waals surface area contributed by atoms with Crippen LogP contribution in [-0.2, 0) is 14.3 Å². The number of carbonyl (C=O) groups is 2. The van der Waals surface area contributed by atoms with Crippen molar-refractivity contribution in [3.63, 3.8) is 0 Å². The van der Waals surface area contributed by atoms with Crippen LogP contribution in [0.25, 0.3) is 0 Å². The number of hydrogen-bond acceptors (Lipinski definition) is 3. The number of cyclic esters (lactones) is 1. The minimum absolute atomic E-state index is 0.0369. The van der Waals surface area contributed by atoms with Crippen LogP contribution in [0.1, 0.15) is 53.4 Å². The Hall–Kier alpha value is -1.64. The number of rotatable bonds is 4. The van der Waals surface area contributed by atoms with Gasteiger partial charge in [-0.1, -0.05) is 30.2 Å². The van der Waals surface area contributed by atoms with E-state index in [0.29, 0.717) is 12.3 Å². The molecule has 1 aliphatic heterocycles. The van der Waals surface area contributed by atoms with Gasteiger partial charge in [0.1, 0.15) is 6.10 Å². The molecule has 0 bridgehead atoms. The molecule has 0 amide bonds. The van der Waals surface area contributed by atoms with E-state index in [4.69, 9.17) is 4.74 Å². The number of ether oxygens (including phenoxy) is 1. The van der Waals surface area contributed by atoms with E-state index in [9.17, 15) is 9.59 Å². The second-order valence-corrected chi connectivity index (χ2v) is 6.98. The highest BCUT2D eigenvalue weighted by Gasteiger charge is 2.53. The fourth-order valence-electron chi connectivity index (χ4n) is 3.35. The Morgan fingerprint density at radius 1 is 1.36 bits per heavy atom. The van der Waals surface area contributed by atoms with E-state index in [1.54, 1.807) is 6.08 Å². The third-order valence-corrected chi connectivity index (χ3v) is 4.54. The fraction of sp³-hybridized carbons (Fsp3) is 0.579. The van der Waals surface area contributed by atoms with Crippen molar-refractivity contribution >= 4 is 11.8 Å². The first-order valence-corrected chi connectivity index (χ1v) is 8.06.